The molecule has 26 heavy (non-hydrogen) atoms. The molecular weight excluding hydrogens is 326 g/mol. The van der Waals surface area contributed by atoms with Crippen LogP contribution in [0.25, 0.3) is 21.8 Å². The average molecular weight is 343 g/mol. The standard InChI is InChI=1S/C21H17N3O2/c1-2-19-22-12-16-15-9-8-14(21(25)26)11-17(15)23-18(20(16)24-19)10-13-6-4-3-5-7-13/h3-9,11-12H,2,10H2,1H3,(H,25,26). The number of pyridine rings is 1. The Hall–Kier alpha value is -3.34. The molecule has 2 heterocycles. The van der Waals surface area contributed by atoms with Crippen molar-refractivity contribution < 1.29 is 9.90 Å². The normalized spacial score (nSPS) is 11.1. The zero-order valence-corrected chi connectivity index (χ0v) is 14.3. The number of nitrogens with zero attached hydrogens (tertiary/aromatic N) is 3. The van der Waals surface area contributed by atoms with Gasteiger partial charge in [0.2, 0.25) is 0 Å². The van der Waals surface area contributed by atoms with Crippen molar-refractivity contribution in [3.8, 4) is 0 Å². The second-order valence-electron chi connectivity index (χ2n) is 6.16. The molecule has 0 aliphatic rings. The van der Waals surface area contributed by atoms with Crippen molar-refractivity contribution >= 4 is 27.8 Å². The minimum Gasteiger partial charge on any atom is -0.478 e. The zero-order chi connectivity index (χ0) is 18.1. The number of hydrogen-bond donors (Lipinski definition) is 1. The highest BCUT2D eigenvalue weighted by Crippen LogP contribution is 2.27. The largest absolute Gasteiger partial charge is 0.478 e. The van der Waals surface area contributed by atoms with Crippen LogP contribution in [0.2, 0.25) is 0 Å². The Morgan fingerprint density at radius 3 is 2.58 bits per heavy atom. The van der Waals surface area contributed by atoms with Gasteiger partial charge >= 0.3 is 5.97 Å². The van der Waals surface area contributed by atoms with Gasteiger partial charge in [0.15, 0.2) is 0 Å². The second kappa shape index (κ2) is 6.52. The first-order valence-electron chi connectivity index (χ1n) is 8.51. The molecule has 0 aliphatic carbocycles. The number of carbonyl (C=O) groups is 1. The molecule has 0 fully saturated rings. The number of fused-ring (bicyclic) bond motifs is 3. The first-order valence-corrected chi connectivity index (χ1v) is 8.51. The molecule has 0 aliphatic heterocycles. The molecule has 5 nitrogen and oxygen atoms in total. The van der Waals surface area contributed by atoms with E-state index in [1.165, 1.54) is 0 Å². The van der Waals surface area contributed by atoms with Crippen LogP contribution in [0.15, 0.2) is 54.7 Å². The first-order chi connectivity index (χ1) is 12.7. The van der Waals surface area contributed by atoms with Crippen LogP contribution in [-0.4, -0.2) is 26.0 Å². The fourth-order valence-corrected chi connectivity index (χ4v) is 3.10. The molecule has 0 radical (unpaired) electrons. The van der Waals surface area contributed by atoms with Crippen molar-refractivity contribution in [3.63, 3.8) is 0 Å². The van der Waals surface area contributed by atoms with Crippen LogP contribution in [0, 0.1) is 0 Å². The summed E-state index contributed by atoms with van der Waals surface area (Å²) in [5.41, 5.74) is 3.67. The predicted molar refractivity (Wildman–Crippen MR) is 100 cm³/mol. The van der Waals surface area contributed by atoms with Gasteiger partial charge in [-0.1, -0.05) is 43.3 Å². The maximum atomic E-state index is 11.3. The summed E-state index contributed by atoms with van der Waals surface area (Å²) in [5.74, 6) is -0.189. The van der Waals surface area contributed by atoms with Gasteiger partial charge in [-0.3, -0.25) is 4.98 Å². The number of benzene rings is 2. The lowest BCUT2D eigenvalue weighted by molar-refractivity contribution is 0.0697. The summed E-state index contributed by atoms with van der Waals surface area (Å²) in [4.78, 5) is 25.2. The van der Waals surface area contributed by atoms with Crippen molar-refractivity contribution in [2.75, 3.05) is 0 Å². The summed E-state index contributed by atoms with van der Waals surface area (Å²) in [7, 11) is 0. The smallest absolute Gasteiger partial charge is 0.335 e. The lowest BCUT2D eigenvalue weighted by Crippen LogP contribution is -2.02. The Kier molecular flexibility index (Phi) is 4.05. The quantitative estimate of drug-likeness (QED) is 0.566. The number of aromatic carboxylic acids is 1. The van der Waals surface area contributed by atoms with Gasteiger partial charge in [-0.05, 0) is 17.7 Å². The third-order valence-corrected chi connectivity index (χ3v) is 4.43. The molecular formula is C21H17N3O2. The monoisotopic (exact) mass is 343 g/mol. The highest BCUT2D eigenvalue weighted by Gasteiger charge is 2.13. The molecule has 2 aromatic heterocycles. The van der Waals surface area contributed by atoms with Crippen LogP contribution in [-0.2, 0) is 12.8 Å². The molecule has 4 aromatic rings. The molecule has 0 spiro atoms. The molecule has 0 saturated heterocycles. The summed E-state index contributed by atoms with van der Waals surface area (Å²) < 4.78 is 0. The Morgan fingerprint density at radius 2 is 1.85 bits per heavy atom. The fraction of sp³-hybridized carbons (Fsp3) is 0.143. The highest BCUT2D eigenvalue weighted by molar-refractivity contribution is 6.06. The van der Waals surface area contributed by atoms with Gasteiger partial charge in [-0.25, -0.2) is 14.8 Å². The van der Waals surface area contributed by atoms with Crippen LogP contribution < -0.4 is 0 Å². The van der Waals surface area contributed by atoms with Crippen molar-refractivity contribution in [2.45, 2.75) is 19.8 Å². The topological polar surface area (TPSA) is 76.0 Å². The van der Waals surface area contributed by atoms with Crippen molar-refractivity contribution in [1.29, 1.82) is 0 Å². The van der Waals surface area contributed by atoms with E-state index in [2.05, 4.69) is 4.98 Å². The number of aromatic nitrogens is 3. The van der Waals surface area contributed by atoms with E-state index in [0.717, 1.165) is 39.8 Å². The van der Waals surface area contributed by atoms with Crippen LogP contribution in [0.3, 0.4) is 0 Å². The minimum atomic E-state index is -0.962. The Bertz CT molecular complexity index is 1120. The van der Waals surface area contributed by atoms with Crippen LogP contribution in [0.1, 0.15) is 34.4 Å². The average Bonchev–Trinajstić information content (AvgIpc) is 2.68. The molecule has 5 heteroatoms. The SMILES string of the molecule is CCc1ncc2c(n1)c(Cc1ccccc1)nc1cc(C(=O)O)ccc12. The lowest BCUT2D eigenvalue weighted by Gasteiger charge is -2.10. The summed E-state index contributed by atoms with van der Waals surface area (Å²) in [5, 5.41) is 11.0. The van der Waals surface area contributed by atoms with Gasteiger partial charge in [0.1, 0.15) is 5.82 Å². The third-order valence-electron chi connectivity index (χ3n) is 4.43. The van der Waals surface area contributed by atoms with Gasteiger partial charge in [-0.2, -0.15) is 0 Å². The molecule has 0 saturated carbocycles. The highest BCUT2D eigenvalue weighted by atomic mass is 16.4. The molecule has 0 unspecified atom stereocenters. The van der Waals surface area contributed by atoms with Crippen molar-refractivity contribution in [3.05, 3.63) is 77.4 Å². The maximum Gasteiger partial charge on any atom is 0.335 e. The van der Waals surface area contributed by atoms with Gasteiger partial charge in [0.05, 0.1) is 22.3 Å². The Labute approximate surface area is 150 Å². The molecule has 2 aromatic carbocycles. The van der Waals surface area contributed by atoms with Gasteiger partial charge in [-0.15, -0.1) is 0 Å². The first kappa shape index (κ1) is 16.1. The number of aryl methyl sites for hydroxylation is 1. The van der Waals surface area contributed by atoms with E-state index in [1.807, 2.05) is 43.5 Å². The van der Waals surface area contributed by atoms with Crippen molar-refractivity contribution in [1.82, 2.24) is 15.0 Å². The number of carboxylic acids is 1. The molecule has 0 atom stereocenters. The number of hydrogen-bond acceptors (Lipinski definition) is 4. The van der Waals surface area contributed by atoms with E-state index < -0.39 is 5.97 Å². The summed E-state index contributed by atoms with van der Waals surface area (Å²) in [6.45, 7) is 2.02. The Balaban J connectivity index is 1.99. The van der Waals surface area contributed by atoms with E-state index in [-0.39, 0.29) is 5.56 Å². The fourth-order valence-electron chi connectivity index (χ4n) is 3.10. The molecule has 4 rings (SSSR count). The van der Waals surface area contributed by atoms with E-state index in [0.29, 0.717) is 11.9 Å². The van der Waals surface area contributed by atoms with Gasteiger partial charge in [0.25, 0.3) is 0 Å². The van der Waals surface area contributed by atoms with E-state index in [1.54, 1.807) is 18.2 Å². The molecule has 128 valence electrons. The Morgan fingerprint density at radius 1 is 1.04 bits per heavy atom. The molecule has 0 amide bonds. The predicted octanol–water partition coefficient (Wildman–Crippen LogP) is 4.03. The van der Waals surface area contributed by atoms with Gasteiger partial charge in [0, 0.05) is 29.8 Å². The third kappa shape index (κ3) is 2.88. The van der Waals surface area contributed by atoms with E-state index in [4.69, 9.17) is 9.97 Å². The molecule has 0 bridgehead atoms. The minimum absolute atomic E-state index is 0.223. The zero-order valence-electron chi connectivity index (χ0n) is 14.3. The van der Waals surface area contributed by atoms with Crippen LogP contribution >= 0.6 is 0 Å². The molecule has 1 N–H and O–H groups in total. The lowest BCUT2D eigenvalue weighted by atomic mass is 10.0. The van der Waals surface area contributed by atoms with Crippen LogP contribution in [0.4, 0.5) is 0 Å². The summed E-state index contributed by atoms with van der Waals surface area (Å²) in [6, 6.07) is 15.1. The van der Waals surface area contributed by atoms with Crippen molar-refractivity contribution in [2.24, 2.45) is 0 Å². The maximum absolute atomic E-state index is 11.3. The number of rotatable bonds is 4. The van der Waals surface area contributed by atoms with E-state index in [9.17, 15) is 9.90 Å². The van der Waals surface area contributed by atoms with E-state index >= 15 is 0 Å². The van der Waals surface area contributed by atoms with Gasteiger partial charge < -0.3 is 5.11 Å². The van der Waals surface area contributed by atoms with Crippen LogP contribution in [0.5, 0.6) is 0 Å². The second-order valence-corrected chi connectivity index (χ2v) is 6.16. The summed E-state index contributed by atoms with van der Waals surface area (Å²) >= 11 is 0. The summed E-state index contributed by atoms with van der Waals surface area (Å²) in [6.07, 6.45) is 3.20. The number of carboxylic acid groups (broad SMARTS) is 1.